The normalized spacial score (nSPS) is 19.4. The van der Waals surface area contributed by atoms with Gasteiger partial charge in [-0.3, -0.25) is 0 Å². The molecular weight excluding hydrogens is 278 g/mol. The molecule has 0 aromatic heterocycles. The summed E-state index contributed by atoms with van der Waals surface area (Å²) in [6.45, 7) is 6.38. The average molecular weight is 298 g/mol. The maximum atomic E-state index is 9.55. The van der Waals surface area contributed by atoms with E-state index in [9.17, 15) is 5.11 Å². The number of rotatable bonds is 2. The van der Waals surface area contributed by atoms with Crippen LogP contribution >= 0.6 is 15.9 Å². The lowest BCUT2D eigenvalue weighted by Crippen LogP contribution is -2.32. The largest absolute Gasteiger partial charge is 0.389 e. The summed E-state index contributed by atoms with van der Waals surface area (Å²) in [6.07, 6.45) is 2.14. The van der Waals surface area contributed by atoms with Gasteiger partial charge in [0, 0.05) is 17.6 Å². The van der Waals surface area contributed by atoms with E-state index < -0.39 is 6.10 Å². The molecular formula is C14H20BrNO. The summed E-state index contributed by atoms with van der Waals surface area (Å²) in [7, 11) is 0. The Morgan fingerprint density at radius 3 is 2.53 bits per heavy atom. The lowest BCUT2D eigenvalue weighted by Gasteiger charge is -2.33. The molecule has 0 spiro atoms. The van der Waals surface area contributed by atoms with E-state index >= 15 is 0 Å². The number of hydrogen-bond acceptors (Lipinski definition) is 2. The summed E-state index contributed by atoms with van der Waals surface area (Å²) in [5.41, 5.74) is 2.22. The van der Waals surface area contributed by atoms with Gasteiger partial charge >= 0.3 is 0 Å². The SMILES string of the molecule is CC1CCN(c2ccc([C@@H](C)O)cc2Br)CC1. The average Bonchev–Trinajstić information content (AvgIpc) is 2.30. The minimum atomic E-state index is -0.401. The lowest BCUT2D eigenvalue weighted by molar-refractivity contribution is 0.199. The molecule has 0 unspecified atom stereocenters. The highest BCUT2D eigenvalue weighted by Crippen LogP contribution is 2.32. The number of anilines is 1. The van der Waals surface area contributed by atoms with Gasteiger partial charge in [-0.2, -0.15) is 0 Å². The number of benzene rings is 1. The van der Waals surface area contributed by atoms with Crippen molar-refractivity contribution < 1.29 is 5.11 Å². The minimum Gasteiger partial charge on any atom is -0.389 e. The predicted octanol–water partition coefficient (Wildman–Crippen LogP) is 3.74. The van der Waals surface area contributed by atoms with Crippen molar-refractivity contribution in [2.24, 2.45) is 5.92 Å². The fourth-order valence-corrected chi connectivity index (χ4v) is 2.94. The van der Waals surface area contributed by atoms with E-state index in [1.807, 2.05) is 12.1 Å². The Morgan fingerprint density at radius 1 is 1.35 bits per heavy atom. The topological polar surface area (TPSA) is 23.5 Å². The molecule has 1 aliphatic heterocycles. The number of aliphatic hydroxyl groups excluding tert-OH is 1. The van der Waals surface area contributed by atoms with Crippen molar-refractivity contribution in [3.05, 3.63) is 28.2 Å². The molecule has 94 valence electrons. The highest BCUT2D eigenvalue weighted by atomic mass is 79.9. The third-order valence-electron chi connectivity index (χ3n) is 3.58. The van der Waals surface area contributed by atoms with Gasteiger partial charge in [-0.05, 0) is 59.3 Å². The smallest absolute Gasteiger partial charge is 0.0762 e. The van der Waals surface area contributed by atoms with Gasteiger partial charge in [0.25, 0.3) is 0 Å². The second kappa shape index (κ2) is 5.40. The number of hydrogen-bond donors (Lipinski definition) is 1. The molecule has 1 aromatic rings. The first-order valence-electron chi connectivity index (χ1n) is 6.30. The van der Waals surface area contributed by atoms with E-state index in [0.29, 0.717) is 0 Å². The zero-order valence-electron chi connectivity index (χ0n) is 10.5. The zero-order valence-corrected chi connectivity index (χ0v) is 12.1. The maximum Gasteiger partial charge on any atom is 0.0762 e. The summed E-state index contributed by atoms with van der Waals surface area (Å²) < 4.78 is 1.09. The Kier molecular flexibility index (Phi) is 4.10. The van der Waals surface area contributed by atoms with Gasteiger partial charge in [-0.1, -0.05) is 13.0 Å². The zero-order chi connectivity index (χ0) is 12.4. The van der Waals surface area contributed by atoms with Crippen molar-refractivity contribution in [2.75, 3.05) is 18.0 Å². The van der Waals surface area contributed by atoms with Gasteiger partial charge in [0.15, 0.2) is 0 Å². The molecule has 1 atom stereocenters. The van der Waals surface area contributed by atoms with Crippen molar-refractivity contribution in [1.82, 2.24) is 0 Å². The Bertz CT molecular complexity index is 384. The highest BCUT2D eigenvalue weighted by Gasteiger charge is 2.18. The molecule has 1 heterocycles. The van der Waals surface area contributed by atoms with Gasteiger partial charge in [-0.15, -0.1) is 0 Å². The van der Waals surface area contributed by atoms with E-state index in [1.54, 1.807) is 6.92 Å². The molecule has 1 fully saturated rings. The predicted molar refractivity (Wildman–Crippen MR) is 75.4 cm³/mol. The molecule has 0 bridgehead atoms. The summed E-state index contributed by atoms with van der Waals surface area (Å²) in [6, 6.07) is 6.16. The summed E-state index contributed by atoms with van der Waals surface area (Å²) in [4.78, 5) is 2.43. The number of piperidine rings is 1. The quantitative estimate of drug-likeness (QED) is 0.899. The molecule has 1 aliphatic rings. The van der Waals surface area contributed by atoms with Crippen LogP contribution < -0.4 is 4.90 Å². The minimum absolute atomic E-state index is 0.401. The van der Waals surface area contributed by atoms with Crippen molar-refractivity contribution in [1.29, 1.82) is 0 Å². The molecule has 1 saturated heterocycles. The van der Waals surface area contributed by atoms with Crippen LogP contribution in [0.2, 0.25) is 0 Å². The number of nitrogens with zero attached hydrogens (tertiary/aromatic N) is 1. The summed E-state index contributed by atoms with van der Waals surface area (Å²) in [5.74, 6) is 0.849. The second-order valence-electron chi connectivity index (χ2n) is 5.06. The summed E-state index contributed by atoms with van der Waals surface area (Å²) >= 11 is 3.61. The van der Waals surface area contributed by atoms with Crippen LogP contribution in [0.5, 0.6) is 0 Å². The van der Waals surface area contributed by atoms with Gasteiger partial charge in [0.2, 0.25) is 0 Å². The van der Waals surface area contributed by atoms with Gasteiger partial charge in [-0.25, -0.2) is 0 Å². The van der Waals surface area contributed by atoms with Crippen molar-refractivity contribution >= 4 is 21.6 Å². The Hall–Kier alpha value is -0.540. The standard InChI is InChI=1S/C14H20BrNO/c1-10-5-7-16(8-6-10)14-4-3-12(11(2)17)9-13(14)15/h3-4,9-11,17H,5-8H2,1-2H3/t11-/m1/s1. The van der Waals surface area contributed by atoms with Crippen molar-refractivity contribution in [3.8, 4) is 0 Å². The molecule has 0 amide bonds. The molecule has 17 heavy (non-hydrogen) atoms. The van der Waals surface area contributed by atoms with Crippen LogP contribution in [-0.2, 0) is 0 Å². The van der Waals surface area contributed by atoms with Crippen molar-refractivity contribution in [2.45, 2.75) is 32.8 Å². The fraction of sp³-hybridized carbons (Fsp3) is 0.571. The van der Waals surface area contributed by atoms with Gasteiger partial charge < -0.3 is 10.0 Å². The van der Waals surface area contributed by atoms with Gasteiger partial charge in [0.1, 0.15) is 0 Å². The Labute approximate surface area is 112 Å². The first kappa shape index (κ1) is 12.9. The molecule has 1 N–H and O–H groups in total. The molecule has 3 heteroatoms. The van der Waals surface area contributed by atoms with Gasteiger partial charge in [0.05, 0.1) is 11.8 Å². The molecule has 0 radical (unpaired) electrons. The van der Waals surface area contributed by atoms with Crippen molar-refractivity contribution in [3.63, 3.8) is 0 Å². The molecule has 2 rings (SSSR count). The van der Waals surface area contributed by atoms with Crippen LogP contribution in [0.1, 0.15) is 38.4 Å². The first-order valence-corrected chi connectivity index (χ1v) is 7.09. The first-order chi connectivity index (χ1) is 8.08. The second-order valence-corrected chi connectivity index (χ2v) is 5.91. The highest BCUT2D eigenvalue weighted by molar-refractivity contribution is 9.10. The van der Waals surface area contributed by atoms with E-state index in [4.69, 9.17) is 0 Å². The van der Waals surface area contributed by atoms with Crippen LogP contribution in [0.15, 0.2) is 22.7 Å². The monoisotopic (exact) mass is 297 g/mol. The van der Waals surface area contributed by atoms with Crippen LogP contribution in [-0.4, -0.2) is 18.2 Å². The van der Waals surface area contributed by atoms with E-state index in [0.717, 1.165) is 29.0 Å². The fourth-order valence-electron chi connectivity index (χ4n) is 2.29. The van der Waals surface area contributed by atoms with E-state index in [2.05, 4.69) is 33.8 Å². The number of aliphatic hydroxyl groups is 1. The van der Waals surface area contributed by atoms with E-state index in [1.165, 1.54) is 18.5 Å². The molecule has 0 aliphatic carbocycles. The lowest BCUT2D eigenvalue weighted by atomic mass is 9.98. The molecule has 1 aromatic carbocycles. The number of halogens is 1. The Morgan fingerprint density at radius 2 is 2.00 bits per heavy atom. The van der Waals surface area contributed by atoms with Crippen LogP contribution in [0.4, 0.5) is 5.69 Å². The van der Waals surface area contributed by atoms with Crippen LogP contribution in [0.3, 0.4) is 0 Å². The third kappa shape index (κ3) is 3.02. The Balaban J connectivity index is 2.16. The third-order valence-corrected chi connectivity index (χ3v) is 4.21. The molecule has 2 nitrogen and oxygen atoms in total. The maximum absolute atomic E-state index is 9.55. The molecule has 0 saturated carbocycles. The van der Waals surface area contributed by atoms with Crippen LogP contribution in [0.25, 0.3) is 0 Å². The van der Waals surface area contributed by atoms with Crippen LogP contribution in [0, 0.1) is 5.92 Å². The summed E-state index contributed by atoms with van der Waals surface area (Å²) in [5, 5.41) is 9.55. The van der Waals surface area contributed by atoms with E-state index in [-0.39, 0.29) is 0 Å².